The smallest absolute Gasteiger partial charge is 0.306 e. The van der Waals surface area contributed by atoms with E-state index in [1.54, 1.807) is 0 Å². The summed E-state index contributed by atoms with van der Waals surface area (Å²) < 4.78 is 23.6. The Morgan fingerprint density at radius 2 is 0.442 bits per heavy atom. The molecule has 0 radical (unpaired) electrons. The third-order valence-electron chi connectivity index (χ3n) is 22.5. The van der Waals surface area contributed by atoms with Crippen molar-refractivity contribution in [2.24, 2.45) is 0 Å². The van der Waals surface area contributed by atoms with Crippen LogP contribution in [0.25, 0.3) is 0 Å². The molecule has 0 spiro atoms. The van der Waals surface area contributed by atoms with Crippen LogP contribution in [0.5, 0.6) is 0 Å². The molecule has 1 fully saturated rings. The number of nitrogens with zero attached hydrogens (tertiary/aromatic N) is 4. The molecule has 616 valence electrons. The Morgan fingerprint density at radius 3 is 0.692 bits per heavy atom. The van der Waals surface area contributed by atoms with E-state index in [9.17, 15) is 19.2 Å². The van der Waals surface area contributed by atoms with Crippen LogP contribution in [0.15, 0.2) is 0 Å². The SMILES string of the molecule is CCCCCCCCCC(=O)OCCCCCCCN(CCCCCCCC(=O)OC(CCCCCCCC)CCCCCCCC)CCN1CCN(CCN(CCCCCCCOC(=O)CCCCCCCCC)CCCCCCCC(=O)OC(CCCCCCCC)CCCCCCCC)CC1. The second-order valence-corrected chi connectivity index (χ2v) is 32.6. The van der Waals surface area contributed by atoms with Gasteiger partial charge in [0.2, 0.25) is 0 Å². The van der Waals surface area contributed by atoms with E-state index in [2.05, 4.69) is 61.1 Å². The highest BCUT2D eigenvalue weighted by atomic mass is 16.6. The molecule has 0 atom stereocenters. The number of carbonyl (C=O) groups is 4. The fourth-order valence-electron chi connectivity index (χ4n) is 15.3. The van der Waals surface area contributed by atoms with Crippen LogP contribution in [0.2, 0.25) is 0 Å². The monoisotopic (exact) mass is 1470 g/mol. The minimum atomic E-state index is -0.0106. The highest BCUT2D eigenvalue weighted by Gasteiger charge is 2.21. The van der Waals surface area contributed by atoms with Gasteiger partial charge in [0.15, 0.2) is 0 Å². The van der Waals surface area contributed by atoms with Gasteiger partial charge in [-0.1, -0.05) is 324 Å². The van der Waals surface area contributed by atoms with Crippen molar-refractivity contribution in [3.8, 4) is 0 Å². The van der Waals surface area contributed by atoms with Crippen molar-refractivity contribution >= 4 is 23.9 Å². The Hall–Kier alpha value is -2.28. The Bertz CT molecular complexity index is 1640. The molecule has 0 saturated carbocycles. The number of unbranched alkanes of at least 4 members (excludes halogenated alkanes) is 48. The molecule has 12 heteroatoms. The van der Waals surface area contributed by atoms with E-state index in [1.807, 2.05) is 0 Å². The zero-order valence-corrected chi connectivity index (χ0v) is 70.8. The summed E-state index contributed by atoms with van der Waals surface area (Å²) in [5.41, 5.74) is 0. The molecule has 104 heavy (non-hydrogen) atoms. The van der Waals surface area contributed by atoms with E-state index in [-0.39, 0.29) is 36.1 Å². The highest BCUT2D eigenvalue weighted by Crippen LogP contribution is 2.22. The van der Waals surface area contributed by atoms with E-state index in [4.69, 9.17) is 18.9 Å². The third-order valence-corrected chi connectivity index (χ3v) is 22.5. The Morgan fingerprint density at radius 1 is 0.240 bits per heavy atom. The standard InChI is InChI=1S/C92H180N4O8/c1-7-13-19-25-31-41-55-69-89(97)101-85-63-49-35-47-61-75-93(73-59-45-33-43-57-71-91(99)103-87(65-51-37-27-21-15-9-3)66-52-38-28-22-16-10-4)77-79-95-81-83-96(84-82-95)80-78-94(76-62-48-36-50-64-86-102-90(98)70-56-42-32-26-20-14-8-2)74-60-46-34-44-58-72-92(100)104-88(67-53-39-29-23-17-11-5)68-54-40-30-24-18-12-6/h87-88H,7-86H2,1-6H3. The largest absolute Gasteiger partial charge is 0.466 e. The molecule has 0 aromatic carbocycles. The molecule has 0 N–H and O–H groups in total. The first-order valence-electron chi connectivity index (χ1n) is 46.8. The van der Waals surface area contributed by atoms with Crippen molar-refractivity contribution < 1.29 is 38.1 Å². The van der Waals surface area contributed by atoms with Crippen LogP contribution in [0.3, 0.4) is 0 Å². The molecule has 0 aromatic rings. The lowest BCUT2D eigenvalue weighted by molar-refractivity contribution is -0.151. The zero-order valence-electron chi connectivity index (χ0n) is 70.8. The van der Waals surface area contributed by atoms with Gasteiger partial charge in [0.05, 0.1) is 13.2 Å². The average Bonchev–Trinajstić information content (AvgIpc) is 0.914. The lowest BCUT2D eigenvalue weighted by Gasteiger charge is -2.37. The van der Waals surface area contributed by atoms with Crippen molar-refractivity contribution in [2.45, 2.75) is 478 Å². The summed E-state index contributed by atoms with van der Waals surface area (Å²) in [6.07, 6.45) is 77.1. The van der Waals surface area contributed by atoms with E-state index < -0.39 is 0 Å². The Kier molecular flexibility index (Phi) is 77.0. The maximum absolute atomic E-state index is 13.2. The van der Waals surface area contributed by atoms with Crippen LogP contribution >= 0.6 is 0 Å². The van der Waals surface area contributed by atoms with Crippen molar-refractivity contribution in [3.05, 3.63) is 0 Å². The predicted molar refractivity (Wildman–Crippen MR) is 446 cm³/mol. The van der Waals surface area contributed by atoms with Gasteiger partial charge in [-0.3, -0.25) is 29.0 Å². The molecule has 1 heterocycles. The predicted octanol–water partition coefficient (Wildman–Crippen LogP) is 26.0. The van der Waals surface area contributed by atoms with Crippen LogP contribution in [0.1, 0.15) is 465 Å². The number of ether oxygens (including phenoxy) is 4. The van der Waals surface area contributed by atoms with Gasteiger partial charge in [-0.15, -0.1) is 0 Å². The summed E-state index contributed by atoms with van der Waals surface area (Å²) in [5.74, 6) is 0.0465. The van der Waals surface area contributed by atoms with E-state index >= 15 is 0 Å². The summed E-state index contributed by atoms with van der Waals surface area (Å²) in [5, 5.41) is 0. The molecule has 0 aliphatic carbocycles. The van der Waals surface area contributed by atoms with Gasteiger partial charge in [-0.2, -0.15) is 0 Å². The minimum absolute atomic E-state index is 0.0106. The number of piperazine rings is 1. The van der Waals surface area contributed by atoms with E-state index in [0.717, 1.165) is 181 Å². The van der Waals surface area contributed by atoms with Gasteiger partial charge >= 0.3 is 23.9 Å². The van der Waals surface area contributed by atoms with E-state index in [1.165, 1.54) is 295 Å². The maximum Gasteiger partial charge on any atom is 0.306 e. The quantitative estimate of drug-likeness (QED) is 0.0328. The van der Waals surface area contributed by atoms with Gasteiger partial charge in [0.25, 0.3) is 0 Å². The molecule has 12 nitrogen and oxygen atoms in total. The lowest BCUT2D eigenvalue weighted by Crippen LogP contribution is -2.50. The fourth-order valence-corrected chi connectivity index (χ4v) is 15.3. The summed E-state index contributed by atoms with van der Waals surface area (Å²) in [6, 6.07) is 0. The summed E-state index contributed by atoms with van der Waals surface area (Å²) >= 11 is 0. The number of hydrogen-bond acceptors (Lipinski definition) is 12. The molecular weight excluding hydrogens is 1290 g/mol. The third kappa shape index (κ3) is 70.1. The summed E-state index contributed by atoms with van der Waals surface area (Å²) in [6.45, 7) is 28.4. The number of rotatable bonds is 84. The molecule has 1 saturated heterocycles. The molecule has 0 bridgehead atoms. The highest BCUT2D eigenvalue weighted by molar-refractivity contribution is 5.70. The van der Waals surface area contributed by atoms with Crippen LogP contribution in [-0.2, 0) is 38.1 Å². The lowest BCUT2D eigenvalue weighted by atomic mass is 10.0. The Balaban J connectivity index is 2.80. The van der Waals surface area contributed by atoms with Gasteiger partial charge in [0.1, 0.15) is 12.2 Å². The van der Waals surface area contributed by atoms with Crippen molar-refractivity contribution in [1.82, 2.24) is 19.6 Å². The second-order valence-electron chi connectivity index (χ2n) is 32.6. The first-order valence-corrected chi connectivity index (χ1v) is 46.8. The topological polar surface area (TPSA) is 118 Å². The second kappa shape index (κ2) is 80.2. The zero-order chi connectivity index (χ0) is 75.2. The normalized spacial score (nSPS) is 13.0. The van der Waals surface area contributed by atoms with Gasteiger partial charge in [-0.25, -0.2) is 0 Å². The minimum Gasteiger partial charge on any atom is -0.466 e. The molecule has 1 aliphatic rings. The van der Waals surface area contributed by atoms with Gasteiger partial charge in [-0.05, 0) is 142 Å². The van der Waals surface area contributed by atoms with E-state index in [0.29, 0.717) is 38.9 Å². The van der Waals surface area contributed by atoms with Crippen molar-refractivity contribution in [1.29, 1.82) is 0 Å². The maximum atomic E-state index is 13.2. The molecule has 0 unspecified atom stereocenters. The number of carbonyl (C=O) groups excluding carboxylic acids is 4. The van der Waals surface area contributed by atoms with Crippen LogP contribution in [0.4, 0.5) is 0 Å². The van der Waals surface area contributed by atoms with Crippen LogP contribution in [0, 0.1) is 0 Å². The molecule has 0 aromatic heterocycles. The Labute approximate surface area is 647 Å². The van der Waals surface area contributed by atoms with Crippen LogP contribution in [-0.4, -0.2) is 147 Å². The molecule has 1 aliphatic heterocycles. The molecule has 1 rings (SSSR count). The van der Waals surface area contributed by atoms with Crippen molar-refractivity contribution in [2.75, 3.05) is 91.8 Å². The van der Waals surface area contributed by atoms with Gasteiger partial charge in [0, 0.05) is 78.0 Å². The fraction of sp³-hybridized carbons (Fsp3) is 0.957. The number of hydrogen-bond donors (Lipinski definition) is 0. The molecule has 0 amide bonds. The molecular formula is C92H180N4O8. The number of esters is 4. The van der Waals surface area contributed by atoms with Gasteiger partial charge < -0.3 is 28.7 Å². The summed E-state index contributed by atoms with van der Waals surface area (Å²) in [4.78, 5) is 62.1. The van der Waals surface area contributed by atoms with Crippen LogP contribution < -0.4 is 0 Å². The first-order chi connectivity index (χ1) is 51.2. The first kappa shape index (κ1) is 99.7. The average molecular weight is 1470 g/mol. The summed E-state index contributed by atoms with van der Waals surface area (Å²) in [7, 11) is 0. The van der Waals surface area contributed by atoms with Crippen molar-refractivity contribution in [3.63, 3.8) is 0 Å².